The summed E-state index contributed by atoms with van der Waals surface area (Å²) < 4.78 is 0. The van der Waals surface area contributed by atoms with E-state index in [-0.39, 0.29) is 5.41 Å². The molecule has 3 rings (SSSR count). The Kier molecular flexibility index (Phi) is 1.58. The number of carbonyl (C=O) groups excluding carboxylic acids is 1. The van der Waals surface area contributed by atoms with Gasteiger partial charge in [-0.25, -0.2) is 0 Å². The zero-order valence-electron chi connectivity index (χ0n) is 8.25. The molecule has 14 heavy (non-hydrogen) atoms. The van der Waals surface area contributed by atoms with Crippen molar-refractivity contribution in [3.8, 4) is 0 Å². The maximum Gasteiger partial charge on any atom is 0.143 e. The summed E-state index contributed by atoms with van der Waals surface area (Å²) in [5.74, 6) is 0.488. The third-order valence-electron chi connectivity index (χ3n) is 3.90. The van der Waals surface area contributed by atoms with Crippen LogP contribution < -0.4 is 0 Å². The van der Waals surface area contributed by atoms with Crippen LogP contribution in [0.25, 0.3) is 0 Å². The zero-order valence-corrected chi connectivity index (χ0v) is 8.25. The number of carbonyl (C=O) groups is 1. The summed E-state index contributed by atoms with van der Waals surface area (Å²) in [7, 11) is 0. The minimum atomic E-state index is -0.0468. The Morgan fingerprint density at radius 1 is 1.07 bits per heavy atom. The lowest BCUT2D eigenvalue weighted by Gasteiger charge is -2.44. The summed E-state index contributed by atoms with van der Waals surface area (Å²) in [6.07, 6.45) is 5.11. The van der Waals surface area contributed by atoms with Gasteiger partial charge in [-0.15, -0.1) is 0 Å². The van der Waals surface area contributed by atoms with Crippen LogP contribution in [0.1, 0.15) is 36.8 Å². The SMILES string of the molecule is O=C1CCc2ccccc2C12CCC2. The van der Waals surface area contributed by atoms with Crippen LogP contribution in [0.15, 0.2) is 24.3 Å². The molecule has 0 aliphatic heterocycles. The van der Waals surface area contributed by atoms with E-state index in [2.05, 4.69) is 24.3 Å². The van der Waals surface area contributed by atoms with E-state index in [0.29, 0.717) is 5.78 Å². The fraction of sp³-hybridized carbons (Fsp3) is 0.462. The van der Waals surface area contributed by atoms with E-state index in [1.807, 2.05) is 0 Å². The number of hydrogen-bond acceptors (Lipinski definition) is 1. The molecule has 1 fully saturated rings. The van der Waals surface area contributed by atoms with Crippen molar-refractivity contribution in [1.29, 1.82) is 0 Å². The van der Waals surface area contributed by atoms with Gasteiger partial charge < -0.3 is 0 Å². The molecule has 72 valence electrons. The van der Waals surface area contributed by atoms with Gasteiger partial charge in [0.1, 0.15) is 5.78 Å². The van der Waals surface area contributed by atoms with E-state index >= 15 is 0 Å². The Labute approximate surface area is 84.1 Å². The molecule has 0 atom stereocenters. The van der Waals surface area contributed by atoms with Crippen molar-refractivity contribution in [2.24, 2.45) is 0 Å². The third-order valence-corrected chi connectivity index (χ3v) is 3.90. The highest BCUT2D eigenvalue weighted by atomic mass is 16.1. The minimum absolute atomic E-state index is 0.0468. The van der Waals surface area contributed by atoms with Gasteiger partial charge in [0.05, 0.1) is 5.41 Å². The average Bonchev–Trinajstić information content (AvgIpc) is 2.15. The van der Waals surface area contributed by atoms with Crippen LogP contribution in [-0.2, 0) is 16.6 Å². The summed E-state index contributed by atoms with van der Waals surface area (Å²) in [5.41, 5.74) is 2.70. The quantitative estimate of drug-likeness (QED) is 0.608. The van der Waals surface area contributed by atoms with Crippen LogP contribution >= 0.6 is 0 Å². The summed E-state index contributed by atoms with van der Waals surface area (Å²) in [4.78, 5) is 12.0. The first-order chi connectivity index (χ1) is 6.83. The van der Waals surface area contributed by atoms with Crippen molar-refractivity contribution < 1.29 is 4.79 Å². The number of aryl methyl sites for hydroxylation is 1. The van der Waals surface area contributed by atoms with E-state index in [0.717, 1.165) is 25.7 Å². The number of Topliss-reactive ketones (excluding diaryl/α,β-unsaturated/α-hetero) is 1. The number of hydrogen-bond donors (Lipinski definition) is 0. The van der Waals surface area contributed by atoms with Crippen LogP contribution in [0.4, 0.5) is 0 Å². The van der Waals surface area contributed by atoms with Gasteiger partial charge in [-0.2, -0.15) is 0 Å². The third kappa shape index (κ3) is 0.875. The smallest absolute Gasteiger partial charge is 0.143 e. The number of fused-ring (bicyclic) bond motifs is 2. The highest BCUT2D eigenvalue weighted by Gasteiger charge is 2.47. The molecule has 1 spiro atoms. The van der Waals surface area contributed by atoms with Gasteiger partial charge in [0.2, 0.25) is 0 Å². The molecule has 0 amide bonds. The molecule has 1 nitrogen and oxygen atoms in total. The summed E-state index contributed by atoms with van der Waals surface area (Å²) in [5, 5.41) is 0. The molecular formula is C13H14O. The van der Waals surface area contributed by atoms with E-state index in [9.17, 15) is 4.79 Å². The molecule has 0 aromatic heterocycles. The van der Waals surface area contributed by atoms with Gasteiger partial charge in [0, 0.05) is 6.42 Å². The second-order valence-corrected chi connectivity index (χ2v) is 4.52. The van der Waals surface area contributed by atoms with E-state index < -0.39 is 0 Å². The lowest BCUT2D eigenvalue weighted by Crippen LogP contribution is -2.45. The van der Waals surface area contributed by atoms with Crippen molar-refractivity contribution in [3.05, 3.63) is 35.4 Å². The molecule has 2 aliphatic rings. The van der Waals surface area contributed by atoms with Crippen molar-refractivity contribution in [1.82, 2.24) is 0 Å². The van der Waals surface area contributed by atoms with Gasteiger partial charge in [0.25, 0.3) is 0 Å². The number of ketones is 1. The topological polar surface area (TPSA) is 17.1 Å². The van der Waals surface area contributed by atoms with Gasteiger partial charge in [0.15, 0.2) is 0 Å². The first-order valence-corrected chi connectivity index (χ1v) is 5.45. The minimum Gasteiger partial charge on any atom is -0.299 e. The monoisotopic (exact) mass is 186 g/mol. The highest BCUT2D eigenvalue weighted by molar-refractivity contribution is 5.93. The Hall–Kier alpha value is -1.11. The molecule has 1 heteroatoms. The lowest BCUT2D eigenvalue weighted by atomic mass is 9.57. The molecule has 0 unspecified atom stereocenters. The van der Waals surface area contributed by atoms with Gasteiger partial charge in [-0.3, -0.25) is 4.79 Å². The normalized spacial score (nSPS) is 23.0. The molecule has 1 saturated carbocycles. The largest absolute Gasteiger partial charge is 0.299 e. The van der Waals surface area contributed by atoms with Crippen molar-refractivity contribution in [2.75, 3.05) is 0 Å². The van der Waals surface area contributed by atoms with Gasteiger partial charge in [-0.1, -0.05) is 30.7 Å². The van der Waals surface area contributed by atoms with Crippen LogP contribution in [0.2, 0.25) is 0 Å². The first-order valence-electron chi connectivity index (χ1n) is 5.45. The maximum absolute atomic E-state index is 12.0. The van der Waals surface area contributed by atoms with E-state index in [1.54, 1.807) is 0 Å². The molecule has 0 radical (unpaired) electrons. The molecule has 0 N–H and O–H groups in total. The van der Waals surface area contributed by atoms with Crippen LogP contribution in [0, 0.1) is 0 Å². The van der Waals surface area contributed by atoms with Crippen LogP contribution in [0.5, 0.6) is 0 Å². The van der Waals surface area contributed by atoms with Crippen molar-refractivity contribution in [3.63, 3.8) is 0 Å². The first kappa shape index (κ1) is 8.22. The van der Waals surface area contributed by atoms with Crippen molar-refractivity contribution in [2.45, 2.75) is 37.5 Å². The molecule has 1 aromatic carbocycles. The molecule has 0 heterocycles. The number of rotatable bonds is 0. The Morgan fingerprint density at radius 2 is 1.86 bits per heavy atom. The van der Waals surface area contributed by atoms with E-state index in [1.165, 1.54) is 17.5 Å². The van der Waals surface area contributed by atoms with Crippen LogP contribution in [-0.4, -0.2) is 5.78 Å². The van der Waals surface area contributed by atoms with Crippen LogP contribution in [0.3, 0.4) is 0 Å². The maximum atomic E-state index is 12.0. The standard InChI is InChI=1S/C13H14O/c14-12-7-6-10-4-1-2-5-11(10)13(12)8-3-9-13/h1-2,4-5H,3,6-9H2. The Balaban J connectivity index is 2.17. The highest BCUT2D eigenvalue weighted by Crippen LogP contribution is 2.48. The second-order valence-electron chi connectivity index (χ2n) is 4.52. The lowest BCUT2D eigenvalue weighted by molar-refractivity contribution is -0.128. The summed E-state index contributed by atoms with van der Waals surface area (Å²) in [6, 6.07) is 8.49. The molecular weight excluding hydrogens is 172 g/mol. The second kappa shape index (κ2) is 2.69. The average molecular weight is 186 g/mol. The fourth-order valence-electron chi connectivity index (χ4n) is 2.92. The zero-order chi connectivity index (χ0) is 9.60. The van der Waals surface area contributed by atoms with Crippen molar-refractivity contribution >= 4 is 5.78 Å². The fourth-order valence-corrected chi connectivity index (χ4v) is 2.92. The Bertz CT molecular complexity index is 388. The number of benzene rings is 1. The summed E-state index contributed by atoms with van der Waals surface area (Å²) in [6.45, 7) is 0. The predicted octanol–water partition coefficient (Wildman–Crippen LogP) is 2.62. The molecule has 2 aliphatic carbocycles. The molecule has 0 bridgehead atoms. The predicted molar refractivity (Wildman–Crippen MR) is 55.3 cm³/mol. The van der Waals surface area contributed by atoms with E-state index in [4.69, 9.17) is 0 Å². The van der Waals surface area contributed by atoms with Gasteiger partial charge >= 0.3 is 0 Å². The molecule has 0 saturated heterocycles. The Morgan fingerprint density at radius 3 is 2.57 bits per heavy atom. The molecule has 1 aromatic rings. The van der Waals surface area contributed by atoms with Gasteiger partial charge in [-0.05, 0) is 30.4 Å². The summed E-state index contributed by atoms with van der Waals surface area (Å²) >= 11 is 0.